The van der Waals surface area contributed by atoms with Gasteiger partial charge < -0.3 is 4.98 Å². The molecule has 1 fully saturated rings. The molecule has 1 aliphatic rings. The van der Waals surface area contributed by atoms with Crippen molar-refractivity contribution in [3.05, 3.63) is 74.0 Å². The van der Waals surface area contributed by atoms with Crippen molar-refractivity contribution in [2.45, 2.75) is 25.4 Å². The van der Waals surface area contributed by atoms with Gasteiger partial charge in [0.1, 0.15) is 16.5 Å². The summed E-state index contributed by atoms with van der Waals surface area (Å²) in [6, 6.07) is 10.9. The molecule has 4 aromatic rings. The van der Waals surface area contributed by atoms with E-state index in [1.54, 1.807) is 23.5 Å². The van der Waals surface area contributed by atoms with E-state index in [0.717, 1.165) is 35.3 Å². The van der Waals surface area contributed by atoms with Gasteiger partial charge in [0.15, 0.2) is 0 Å². The Morgan fingerprint density at radius 1 is 1.21 bits per heavy atom. The van der Waals surface area contributed by atoms with Gasteiger partial charge in [0.25, 0.3) is 5.56 Å². The molecule has 0 amide bonds. The normalized spacial score (nSPS) is 17.5. The summed E-state index contributed by atoms with van der Waals surface area (Å²) in [5.74, 6) is 0.414. The zero-order chi connectivity index (χ0) is 19.1. The summed E-state index contributed by atoms with van der Waals surface area (Å²) in [6.45, 7) is 1.65. The van der Waals surface area contributed by atoms with E-state index in [2.05, 4.69) is 27.4 Å². The third-order valence-electron chi connectivity index (χ3n) is 5.24. The molecular formula is C21H18FN3OS2. The Morgan fingerprint density at radius 3 is 2.86 bits per heavy atom. The number of hydrogen-bond acceptors (Lipinski definition) is 5. The number of aromatic nitrogens is 2. The van der Waals surface area contributed by atoms with Gasteiger partial charge in [0, 0.05) is 21.9 Å². The zero-order valence-electron chi connectivity index (χ0n) is 15.0. The molecule has 0 saturated carbocycles. The van der Waals surface area contributed by atoms with Crippen LogP contribution in [0.2, 0.25) is 0 Å². The van der Waals surface area contributed by atoms with Crippen LogP contribution in [0.25, 0.3) is 21.3 Å². The molecule has 4 nitrogen and oxygen atoms in total. The van der Waals surface area contributed by atoms with Crippen molar-refractivity contribution >= 4 is 32.9 Å². The second-order valence-electron chi connectivity index (χ2n) is 6.99. The number of hydrogen-bond donors (Lipinski definition) is 1. The molecule has 1 aromatic carbocycles. The van der Waals surface area contributed by atoms with E-state index in [4.69, 9.17) is 4.98 Å². The summed E-state index contributed by atoms with van der Waals surface area (Å²) in [6.07, 6.45) is 2.30. The van der Waals surface area contributed by atoms with Gasteiger partial charge >= 0.3 is 0 Å². The van der Waals surface area contributed by atoms with Gasteiger partial charge in [-0.05, 0) is 48.5 Å². The van der Waals surface area contributed by atoms with Crippen LogP contribution < -0.4 is 5.56 Å². The van der Waals surface area contributed by atoms with Crippen LogP contribution in [0, 0.1) is 5.82 Å². The third-order valence-corrected chi connectivity index (χ3v) is 7.08. The molecule has 1 N–H and O–H groups in total. The van der Waals surface area contributed by atoms with Crippen molar-refractivity contribution < 1.29 is 4.39 Å². The standard InChI is InChI=1S/C21H18FN3OS2/c22-14-7-5-13(6-8-14)15-12-28-21-19(15)20(26)23-18(24-21)11-25-9-1-3-16(25)17-4-2-10-27-17/h2,4-8,10,12,16H,1,3,9,11H2,(H,23,24,26)/t16-/m1/s1. The Balaban J connectivity index is 1.47. The average molecular weight is 412 g/mol. The molecule has 0 unspecified atom stereocenters. The van der Waals surface area contributed by atoms with E-state index in [1.807, 2.05) is 5.38 Å². The number of H-pyrrole nitrogens is 1. The highest BCUT2D eigenvalue weighted by atomic mass is 32.1. The molecule has 0 bridgehead atoms. The molecule has 5 rings (SSSR count). The third kappa shape index (κ3) is 3.19. The number of aromatic amines is 1. The van der Waals surface area contributed by atoms with Crippen molar-refractivity contribution in [3.8, 4) is 11.1 Å². The molecule has 3 aromatic heterocycles. The number of rotatable bonds is 4. The molecule has 0 radical (unpaired) electrons. The maximum atomic E-state index is 13.2. The maximum Gasteiger partial charge on any atom is 0.260 e. The minimum absolute atomic E-state index is 0.132. The fourth-order valence-electron chi connectivity index (χ4n) is 3.92. The number of likely N-dealkylation sites (tertiary alicyclic amines) is 1. The Kier molecular flexibility index (Phi) is 4.58. The van der Waals surface area contributed by atoms with Crippen molar-refractivity contribution in [1.29, 1.82) is 0 Å². The van der Waals surface area contributed by atoms with E-state index in [1.165, 1.54) is 28.3 Å². The number of fused-ring (bicyclic) bond motifs is 1. The molecule has 28 heavy (non-hydrogen) atoms. The highest BCUT2D eigenvalue weighted by Crippen LogP contribution is 2.35. The smallest absolute Gasteiger partial charge is 0.260 e. The topological polar surface area (TPSA) is 49.0 Å². The van der Waals surface area contributed by atoms with Crippen molar-refractivity contribution in [2.75, 3.05) is 6.54 Å². The van der Waals surface area contributed by atoms with Crippen LogP contribution in [0.1, 0.15) is 29.6 Å². The molecular weight excluding hydrogens is 393 g/mol. The molecule has 0 spiro atoms. The van der Waals surface area contributed by atoms with Crippen LogP contribution in [-0.4, -0.2) is 21.4 Å². The first-order chi connectivity index (χ1) is 13.7. The van der Waals surface area contributed by atoms with E-state index in [-0.39, 0.29) is 11.4 Å². The quantitative estimate of drug-likeness (QED) is 0.503. The van der Waals surface area contributed by atoms with Crippen LogP contribution in [0.15, 0.2) is 52.0 Å². The zero-order valence-corrected chi connectivity index (χ0v) is 16.7. The Hall–Kier alpha value is -2.35. The van der Waals surface area contributed by atoms with E-state index in [9.17, 15) is 9.18 Å². The van der Waals surface area contributed by atoms with Crippen molar-refractivity contribution in [2.24, 2.45) is 0 Å². The van der Waals surface area contributed by atoms with Crippen LogP contribution >= 0.6 is 22.7 Å². The van der Waals surface area contributed by atoms with Gasteiger partial charge in [-0.1, -0.05) is 18.2 Å². The number of halogens is 1. The van der Waals surface area contributed by atoms with E-state index < -0.39 is 0 Å². The van der Waals surface area contributed by atoms with Gasteiger partial charge in [-0.2, -0.15) is 0 Å². The average Bonchev–Trinajstić information content (AvgIpc) is 3.42. The second kappa shape index (κ2) is 7.24. The van der Waals surface area contributed by atoms with Gasteiger partial charge in [0.2, 0.25) is 0 Å². The largest absolute Gasteiger partial charge is 0.309 e. The summed E-state index contributed by atoms with van der Waals surface area (Å²) < 4.78 is 13.2. The Labute approximate surface area is 169 Å². The predicted molar refractivity (Wildman–Crippen MR) is 112 cm³/mol. The lowest BCUT2D eigenvalue weighted by atomic mass is 10.1. The Bertz CT molecular complexity index is 1160. The molecule has 0 aliphatic carbocycles. The van der Waals surface area contributed by atoms with Crippen LogP contribution in [-0.2, 0) is 6.54 Å². The van der Waals surface area contributed by atoms with Crippen LogP contribution in [0.5, 0.6) is 0 Å². The minimum atomic E-state index is -0.288. The lowest BCUT2D eigenvalue weighted by Gasteiger charge is -2.22. The summed E-state index contributed by atoms with van der Waals surface area (Å²) in [4.78, 5) is 25.0. The van der Waals surface area contributed by atoms with Crippen LogP contribution in [0.4, 0.5) is 4.39 Å². The highest BCUT2D eigenvalue weighted by Gasteiger charge is 2.27. The molecule has 7 heteroatoms. The summed E-state index contributed by atoms with van der Waals surface area (Å²) in [5, 5.41) is 4.62. The van der Waals surface area contributed by atoms with Gasteiger partial charge in [0.05, 0.1) is 11.9 Å². The molecule has 1 aliphatic heterocycles. The lowest BCUT2D eigenvalue weighted by molar-refractivity contribution is 0.245. The lowest BCUT2D eigenvalue weighted by Crippen LogP contribution is -2.25. The minimum Gasteiger partial charge on any atom is -0.309 e. The van der Waals surface area contributed by atoms with E-state index in [0.29, 0.717) is 23.8 Å². The first kappa shape index (κ1) is 17.7. The SMILES string of the molecule is O=c1[nH]c(CN2CCC[C@@H]2c2cccs2)nc2scc(-c3ccc(F)cc3)c12. The number of nitrogens with zero attached hydrogens (tertiary/aromatic N) is 2. The fraction of sp³-hybridized carbons (Fsp3) is 0.238. The predicted octanol–water partition coefficient (Wildman–Crippen LogP) is 5.19. The first-order valence-corrected chi connectivity index (χ1v) is 11.0. The fourth-order valence-corrected chi connectivity index (χ4v) is 5.78. The van der Waals surface area contributed by atoms with E-state index >= 15 is 0 Å². The van der Waals surface area contributed by atoms with Crippen molar-refractivity contribution in [3.63, 3.8) is 0 Å². The first-order valence-electron chi connectivity index (χ1n) is 9.23. The Morgan fingerprint density at radius 2 is 2.07 bits per heavy atom. The highest BCUT2D eigenvalue weighted by molar-refractivity contribution is 7.17. The monoisotopic (exact) mass is 411 g/mol. The summed E-state index contributed by atoms with van der Waals surface area (Å²) in [7, 11) is 0. The van der Waals surface area contributed by atoms with Gasteiger partial charge in [-0.25, -0.2) is 9.37 Å². The van der Waals surface area contributed by atoms with Crippen LogP contribution in [0.3, 0.4) is 0 Å². The van der Waals surface area contributed by atoms with Crippen molar-refractivity contribution in [1.82, 2.24) is 14.9 Å². The molecule has 1 saturated heterocycles. The van der Waals surface area contributed by atoms with Gasteiger partial charge in [-0.15, -0.1) is 22.7 Å². The summed E-state index contributed by atoms with van der Waals surface area (Å²) in [5.41, 5.74) is 1.50. The van der Waals surface area contributed by atoms with Gasteiger partial charge in [-0.3, -0.25) is 9.69 Å². The number of benzene rings is 1. The number of thiophene rings is 2. The second-order valence-corrected chi connectivity index (χ2v) is 8.83. The molecule has 142 valence electrons. The molecule has 1 atom stereocenters. The summed E-state index contributed by atoms with van der Waals surface area (Å²) >= 11 is 3.24. The number of nitrogens with one attached hydrogen (secondary N) is 1. The molecule has 4 heterocycles. The maximum absolute atomic E-state index is 13.2.